The summed E-state index contributed by atoms with van der Waals surface area (Å²) in [5, 5.41) is 10.4. The van der Waals surface area contributed by atoms with E-state index in [0.717, 1.165) is 0 Å². The van der Waals surface area contributed by atoms with Crippen LogP contribution >= 0.6 is 19.2 Å². The lowest BCUT2D eigenvalue weighted by atomic mass is 9.89. The van der Waals surface area contributed by atoms with Gasteiger partial charge in [-0.05, 0) is 31.5 Å². The molecule has 2 aromatic carbocycles. The van der Waals surface area contributed by atoms with Crippen LogP contribution < -0.4 is 0 Å². The molecule has 0 saturated heterocycles. The van der Waals surface area contributed by atoms with Crippen molar-refractivity contribution in [2.24, 2.45) is 0 Å². The highest BCUT2D eigenvalue weighted by atomic mass is 35.5. The fourth-order valence-electron chi connectivity index (χ4n) is 3.00. The molecule has 0 radical (unpaired) electrons. The zero-order valence-electron chi connectivity index (χ0n) is 15.9. The van der Waals surface area contributed by atoms with E-state index in [0.29, 0.717) is 16.1 Å². The Morgan fingerprint density at radius 3 is 2.14 bits per heavy atom. The lowest BCUT2D eigenvalue weighted by Crippen LogP contribution is -2.23. The van der Waals surface area contributed by atoms with E-state index >= 15 is 0 Å². The number of ketones is 1. The number of carbonyl (C=O) groups is 1. The highest BCUT2D eigenvalue weighted by Gasteiger charge is 2.43. The molecule has 28 heavy (non-hydrogen) atoms. The molecule has 0 amide bonds. The van der Waals surface area contributed by atoms with Crippen molar-refractivity contribution in [1.29, 1.82) is 5.26 Å². The Bertz CT molecular complexity index is 854. The smallest absolute Gasteiger partial charge is 0.308 e. The van der Waals surface area contributed by atoms with Crippen LogP contribution in [0.4, 0.5) is 0 Å². The second-order valence-corrected chi connectivity index (χ2v) is 8.69. The molecule has 0 aliphatic heterocycles. The lowest BCUT2D eigenvalue weighted by Gasteiger charge is -2.28. The standard InChI is InChI=1S/C21H23ClNO4P/c1-3-26-28(25,27-4-2)21(15-23)19(16-10-12-18(22)13-11-16)14-20(24)17-8-6-5-7-9-17/h5-13,19,21H,3-4,14H2,1-2H3. The number of carbonyl (C=O) groups excluding carboxylic acids is 1. The molecule has 0 aromatic heterocycles. The molecule has 0 fully saturated rings. The molecule has 0 bridgehead atoms. The summed E-state index contributed by atoms with van der Waals surface area (Å²) in [4.78, 5) is 12.9. The zero-order chi connectivity index (χ0) is 20.6. The van der Waals surface area contributed by atoms with Crippen LogP contribution in [0.2, 0.25) is 5.02 Å². The van der Waals surface area contributed by atoms with Gasteiger partial charge in [0.1, 0.15) is 0 Å². The maximum Gasteiger partial charge on any atom is 0.348 e. The maximum atomic E-state index is 13.3. The Morgan fingerprint density at radius 1 is 1.07 bits per heavy atom. The largest absolute Gasteiger partial charge is 0.348 e. The number of Topliss-reactive ketones (excluding diaryl/α,β-unsaturated/α-hetero) is 1. The fraction of sp³-hybridized carbons (Fsp3) is 0.333. The molecule has 0 heterocycles. The van der Waals surface area contributed by atoms with Crippen LogP contribution in [-0.4, -0.2) is 24.7 Å². The van der Waals surface area contributed by atoms with Gasteiger partial charge in [-0.15, -0.1) is 0 Å². The molecule has 148 valence electrons. The van der Waals surface area contributed by atoms with Crippen molar-refractivity contribution in [3.05, 3.63) is 70.7 Å². The first-order valence-corrected chi connectivity index (χ1v) is 11.1. The third-order valence-corrected chi connectivity index (χ3v) is 6.92. The summed E-state index contributed by atoms with van der Waals surface area (Å²) in [6.45, 7) is 3.64. The minimum absolute atomic E-state index is 0.00594. The monoisotopic (exact) mass is 419 g/mol. The van der Waals surface area contributed by atoms with Crippen molar-refractivity contribution in [3.63, 3.8) is 0 Å². The van der Waals surface area contributed by atoms with Crippen LogP contribution in [0.25, 0.3) is 0 Å². The summed E-state index contributed by atoms with van der Waals surface area (Å²) in [5.74, 6) is -0.820. The summed E-state index contributed by atoms with van der Waals surface area (Å²) in [5.41, 5.74) is 0.0851. The first kappa shape index (κ1) is 22.3. The minimum atomic E-state index is -3.76. The van der Waals surface area contributed by atoms with Crippen LogP contribution in [0.3, 0.4) is 0 Å². The molecule has 0 N–H and O–H groups in total. The van der Waals surface area contributed by atoms with Crippen LogP contribution in [0.15, 0.2) is 54.6 Å². The molecule has 5 nitrogen and oxygen atoms in total. The number of benzene rings is 2. The van der Waals surface area contributed by atoms with Gasteiger partial charge in [0.05, 0.1) is 19.3 Å². The first-order chi connectivity index (χ1) is 13.4. The summed E-state index contributed by atoms with van der Waals surface area (Å²) < 4.78 is 24.2. The van der Waals surface area contributed by atoms with Crippen molar-refractivity contribution < 1.29 is 18.4 Å². The maximum absolute atomic E-state index is 13.3. The van der Waals surface area contributed by atoms with E-state index in [1.807, 2.05) is 6.07 Å². The van der Waals surface area contributed by atoms with Crippen molar-refractivity contribution in [3.8, 4) is 6.07 Å². The van der Waals surface area contributed by atoms with Gasteiger partial charge >= 0.3 is 7.60 Å². The quantitative estimate of drug-likeness (QED) is 0.356. The second kappa shape index (κ2) is 10.5. The predicted molar refractivity (Wildman–Crippen MR) is 110 cm³/mol. The third-order valence-electron chi connectivity index (χ3n) is 4.27. The molecule has 7 heteroatoms. The van der Waals surface area contributed by atoms with E-state index in [9.17, 15) is 14.6 Å². The third kappa shape index (κ3) is 5.53. The summed E-state index contributed by atoms with van der Waals surface area (Å²) in [7, 11) is -3.76. The summed E-state index contributed by atoms with van der Waals surface area (Å²) in [6, 6.07) is 17.7. The van der Waals surface area contributed by atoms with Crippen molar-refractivity contribution in [2.45, 2.75) is 31.8 Å². The van der Waals surface area contributed by atoms with Crippen LogP contribution in [0.1, 0.15) is 42.1 Å². The second-order valence-electron chi connectivity index (χ2n) is 6.10. The van der Waals surface area contributed by atoms with Crippen molar-refractivity contribution in [2.75, 3.05) is 13.2 Å². The van der Waals surface area contributed by atoms with Gasteiger partial charge in [0.25, 0.3) is 0 Å². The molecule has 2 rings (SSSR count). The van der Waals surface area contributed by atoms with E-state index in [2.05, 4.69) is 6.07 Å². The van der Waals surface area contributed by atoms with E-state index in [-0.39, 0.29) is 25.4 Å². The van der Waals surface area contributed by atoms with Gasteiger partial charge in [-0.2, -0.15) is 5.26 Å². The lowest BCUT2D eigenvalue weighted by molar-refractivity contribution is 0.0973. The van der Waals surface area contributed by atoms with Gasteiger partial charge < -0.3 is 9.05 Å². The molecule has 0 spiro atoms. The Kier molecular flexibility index (Phi) is 8.41. The number of nitrogens with zero attached hydrogens (tertiary/aromatic N) is 1. The number of rotatable bonds is 10. The van der Waals surface area contributed by atoms with Crippen molar-refractivity contribution in [1.82, 2.24) is 0 Å². The normalized spacial score (nSPS) is 13.5. The Balaban J connectivity index is 2.46. The molecule has 2 unspecified atom stereocenters. The fourth-order valence-corrected chi connectivity index (χ4v) is 5.10. The average Bonchev–Trinajstić information content (AvgIpc) is 2.69. The Hall–Kier alpha value is -1.96. The molecule has 2 atom stereocenters. The van der Waals surface area contributed by atoms with Gasteiger partial charge in [0, 0.05) is 22.9 Å². The average molecular weight is 420 g/mol. The van der Waals surface area contributed by atoms with E-state index < -0.39 is 19.2 Å². The number of halogens is 1. The minimum Gasteiger partial charge on any atom is -0.308 e. The number of nitriles is 1. The Morgan fingerprint density at radius 2 is 1.64 bits per heavy atom. The molecular weight excluding hydrogens is 397 g/mol. The Labute approximate surface area is 170 Å². The number of hydrogen-bond acceptors (Lipinski definition) is 5. The van der Waals surface area contributed by atoms with Gasteiger partial charge in [-0.3, -0.25) is 9.36 Å². The van der Waals surface area contributed by atoms with E-state index in [1.54, 1.807) is 62.4 Å². The molecular formula is C21H23ClNO4P. The van der Waals surface area contributed by atoms with Crippen LogP contribution in [0, 0.1) is 11.3 Å². The number of hydrogen-bond donors (Lipinski definition) is 0. The molecule has 2 aromatic rings. The van der Waals surface area contributed by atoms with Crippen LogP contribution in [-0.2, 0) is 13.6 Å². The van der Waals surface area contributed by atoms with E-state index in [1.165, 1.54) is 0 Å². The van der Waals surface area contributed by atoms with Gasteiger partial charge in [-0.25, -0.2) is 0 Å². The summed E-state index contributed by atoms with van der Waals surface area (Å²) in [6.07, 6.45) is -0.00594. The molecule has 0 saturated carbocycles. The van der Waals surface area contributed by atoms with Gasteiger partial charge in [0.2, 0.25) is 0 Å². The first-order valence-electron chi connectivity index (χ1n) is 9.07. The van der Waals surface area contributed by atoms with Crippen molar-refractivity contribution >= 4 is 25.0 Å². The SMILES string of the molecule is CCOP(=O)(OCC)C(C#N)C(CC(=O)c1ccccc1)c1ccc(Cl)cc1. The zero-order valence-corrected chi connectivity index (χ0v) is 17.5. The highest BCUT2D eigenvalue weighted by Crippen LogP contribution is 2.57. The molecule has 0 aliphatic carbocycles. The topological polar surface area (TPSA) is 76.4 Å². The van der Waals surface area contributed by atoms with Gasteiger partial charge in [-0.1, -0.05) is 54.1 Å². The molecule has 0 aliphatic rings. The summed E-state index contributed by atoms with van der Waals surface area (Å²) >= 11 is 5.98. The van der Waals surface area contributed by atoms with Crippen LogP contribution in [0.5, 0.6) is 0 Å². The highest BCUT2D eigenvalue weighted by molar-refractivity contribution is 7.55. The van der Waals surface area contributed by atoms with Gasteiger partial charge in [0.15, 0.2) is 11.4 Å². The predicted octanol–water partition coefficient (Wildman–Crippen LogP) is 5.85. The van der Waals surface area contributed by atoms with E-state index in [4.69, 9.17) is 20.6 Å².